The molecule has 1 unspecified atom stereocenters. The van der Waals surface area contributed by atoms with Crippen LogP contribution in [0.3, 0.4) is 0 Å². The number of aryl methyl sites for hydroxylation is 2. The maximum absolute atomic E-state index is 9.18. The molecule has 1 aromatic heterocycles. The number of aliphatic hydroxyl groups is 1. The molecule has 0 aliphatic carbocycles. The van der Waals surface area contributed by atoms with E-state index in [1.165, 1.54) is 5.56 Å². The zero-order valence-electron chi connectivity index (χ0n) is 9.12. The van der Waals surface area contributed by atoms with Crippen LogP contribution in [0.15, 0.2) is 12.4 Å². The Bertz CT molecular complexity index is 279. The van der Waals surface area contributed by atoms with E-state index in [1.807, 2.05) is 38.0 Å². The second-order valence-electron chi connectivity index (χ2n) is 4.00. The molecule has 0 aliphatic heterocycles. The molecule has 0 saturated carbocycles. The molecule has 80 valence electrons. The van der Waals surface area contributed by atoms with Gasteiger partial charge in [0.2, 0.25) is 0 Å². The highest BCUT2D eigenvalue weighted by atomic mass is 16.3. The molecule has 2 N–H and O–H groups in total. The summed E-state index contributed by atoms with van der Waals surface area (Å²) in [5, 5.41) is 16.5. The molecule has 0 radical (unpaired) electrons. The van der Waals surface area contributed by atoms with Crippen LogP contribution in [0.25, 0.3) is 0 Å². The Morgan fingerprint density at radius 3 is 2.79 bits per heavy atom. The van der Waals surface area contributed by atoms with Gasteiger partial charge in [0.15, 0.2) is 0 Å². The first-order valence-electron chi connectivity index (χ1n) is 4.88. The van der Waals surface area contributed by atoms with Crippen LogP contribution >= 0.6 is 0 Å². The Morgan fingerprint density at radius 2 is 2.36 bits per heavy atom. The van der Waals surface area contributed by atoms with Crippen LogP contribution in [0.4, 0.5) is 0 Å². The maximum Gasteiger partial charge on any atom is 0.0611 e. The van der Waals surface area contributed by atoms with Gasteiger partial charge in [-0.3, -0.25) is 4.68 Å². The highest BCUT2D eigenvalue weighted by molar-refractivity contribution is 4.99. The minimum atomic E-state index is -0.208. The van der Waals surface area contributed by atoms with Gasteiger partial charge in [-0.25, -0.2) is 0 Å². The van der Waals surface area contributed by atoms with Crippen molar-refractivity contribution in [2.75, 3.05) is 13.7 Å². The van der Waals surface area contributed by atoms with E-state index in [-0.39, 0.29) is 12.1 Å². The first-order valence-corrected chi connectivity index (χ1v) is 4.88. The van der Waals surface area contributed by atoms with Crippen LogP contribution in [-0.4, -0.2) is 34.1 Å². The lowest BCUT2D eigenvalue weighted by atomic mass is 10.00. The van der Waals surface area contributed by atoms with E-state index < -0.39 is 0 Å². The van der Waals surface area contributed by atoms with E-state index in [0.717, 1.165) is 13.0 Å². The van der Waals surface area contributed by atoms with Gasteiger partial charge in [-0.2, -0.15) is 5.10 Å². The number of nitrogens with one attached hydrogen (secondary N) is 1. The summed E-state index contributed by atoms with van der Waals surface area (Å²) < 4.78 is 1.90. The molecule has 1 heterocycles. The molecule has 1 atom stereocenters. The second kappa shape index (κ2) is 4.57. The summed E-state index contributed by atoms with van der Waals surface area (Å²) in [5.41, 5.74) is 0.958. The third-order valence-corrected chi connectivity index (χ3v) is 2.61. The van der Waals surface area contributed by atoms with E-state index in [1.54, 1.807) is 0 Å². The lowest BCUT2D eigenvalue weighted by molar-refractivity contribution is 0.167. The van der Waals surface area contributed by atoms with Crippen molar-refractivity contribution in [3.05, 3.63) is 18.0 Å². The normalized spacial score (nSPS) is 15.4. The fourth-order valence-electron chi connectivity index (χ4n) is 1.23. The maximum atomic E-state index is 9.18. The van der Waals surface area contributed by atoms with Crippen LogP contribution in [0.2, 0.25) is 0 Å². The molecule has 4 heteroatoms. The van der Waals surface area contributed by atoms with Crippen molar-refractivity contribution in [2.24, 2.45) is 0 Å². The number of rotatable bonds is 5. The molecule has 0 bridgehead atoms. The predicted octanol–water partition coefficient (Wildman–Crippen LogP) is 0.552. The molecule has 0 saturated heterocycles. The Morgan fingerprint density at radius 1 is 1.64 bits per heavy atom. The SMILES string of the molecule is CNC(C)(CO)CCn1cc(C)cn1. The van der Waals surface area contributed by atoms with Crippen molar-refractivity contribution in [3.8, 4) is 0 Å². The molecule has 0 aromatic carbocycles. The average molecular weight is 197 g/mol. The van der Waals surface area contributed by atoms with Crippen LogP contribution in [0, 0.1) is 6.92 Å². The smallest absolute Gasteiger partial charge is 0.0611 e. The molecular weight excluding hydrogens is 178 g/mol. The lowest BCUT2D eigenvalue weighted by Gasteiger charge is -2.26. The van der Waals surface area contributed by atoms with Crippen LogP contribution in [0.1, 0.15) is 18.9 Å². The Kier molecular flexibility index (Phi) is 3.66. The van der Waals surface area contributed by atoms with E-state index in [0.29, 0.717) is 0 Å². The number of aromatic nitrogens is 2. The molecular formula is C10H19N3O. The lowest BCUT2D eigenvalue weighted by Crippen LogP contribution is -2.44. The van der Waals surface area contributed by atoms with Crippen molar-refractivity contribution < 1.29 is 5.11 Å². The molecule has 0 spiro atoms. The summed E-state index contributed by atoms with van der Waals surface area (Å²) in [7, 11) is 1.87. The summed E-state index contributed by atoms with van der Waals surface area (Å²) in [6.45, 7) is 4.99. The van der Waals surface area contributed by atoms with E-state index in [2.05, 4.69) is 10.4 Å². The summed E-state index contributed by atoms with van der Waals surface area (Å²) >= 11 is 0. The van der Waals surface area contributed by atoms with Crippen molar-refractivity contribution in [3.63, 3.8) is 0 Å². The predicted molar refractivity (Wildman–Crippen MR) is 56.1 cm³/mol. The molecule has 1 rings (SSSR count). The third-order valence-electron chi connectivity index (χ3n) is 2.61. The minimum Gasteiger partial charge on any atom is -0.394 e. The molecule has 0 aliphatic rings. The van der Waals surface area contributed by atoms with E-state index >= 15 is 0 Å². The Balaban J connectivity index is 2.47. The highest BCUT2D eigenvalue weighted by Gasteiger charge is 2.20. The molecule has 0 amide bonds. The van der Waals surface area contributed by atoms with Crippen molar-refractivity contribution >= 4 is 0 Å². The van der Waals surface area contributed by atoms with Gasteiger partial charge in [-0.15, -0.1) is 0 Å². The summed E-state index contributed by atoms with van der Waals surface area (Å²) in [6, 6.07) is 0. The zero-order chi connectivity index (χ0) is 10.6. The second-order valence-corrected chi connectivity index (χ2v) is 4.00. The Hall–Kier alpha value is -0.870. The number of nitrogens with zero attached hydrogens (tertiary/aromatic N) is 2. The first kappa shape index (κ1) is 11.2. The topological polar surface area (TPSA) is 50.1 Å². The van der Waals surface area contributed by atoms with Crippen LogP contribution in [0.5, 0.6) is 0 Å². The van der Waals surface area contributed by atoms with Crippen molar-refractivity contribution in [2.45, 2.75) is 32.4 Å². The van der Waals surface area contributed by atoms with Gasteiger partial charge >= 0.3 is 0 Å². The first-order chi connectivity index (χ1) is 6.59. The standard InChI is InChI=1S/C10H19N3O/c1-9-6-12-13(7-9)5-4-10(2,8-14)11-3/h6-7,11,14H,4-5,8H2,1-3H3. The summed E-state index contributed by atoms with van der Waals surface area (Å²) in [4.78, 5) is 0. The van der Waals surface area contributed by atoms with Crippen LogP contribution in [-0.2, 0) is 6.54 Å². The zero-order valence-corrected chi connectivity index (χ0v) is 9.12. The summed E-state index contributed by atoms with van der Waals surface area (Å²) in [5.74, 6) is 0. The number of aliphatic hydroxyl groups excluding tert-OH is 1. The fourth-order valence-corrected chi connectivity index (χ4v) is 1.23. The monoisotopic (exact) mass is 197 g/mol. The minimum absolute atomic E-state index is 0.143. The van der Waals surface area contributed by atoms with Crippen LogP contribution < -0.4 is 5.32 Å². The average Bonchev–Trinajstić information content (AvgIpc) is 2.61. The molecule has 1 aromatic rings. The molecule has 14 heavy (non-hydrogen) atoms. The molecule has 0 fully saturated rings. The fraction of sp³-hybridized carbons (Fsp3) is 0.700. The van der Waals surface area contributed by atoms with Crippen molar-refractivity contribution in [1.82, 2.24) is 15.1 Å². The molecule has 4 nitrogen and oxygen atoms in total. The van der Waals surface area contributed by atoms with Gasteiger partial charge in [0.25, 0.3) is 0 Å². The van der Waals surface area contributed by atoms with E-state index in [9.17, 15) is 5.11 Å². The number of hydrogen-bond donors (Lipinski definition) is 2. The largest absolute Gasteiger partial charge is 0.394 e. The number of hydrogen-bond acceptors (Lipinski definition) is 3. The Labute approximate surface area is 84.9 Å². The third kappa shape index (κ3) is 2.82. The highest BCUT2D eigenvalue weighted by Crippen LogP contribution is 2.09. The quantitative estimate of drug-likeness (QED) is 0.725. The van der Waals surface area contributed by atoms with Crippen molar-refractivity contribution in [1.29, 1.82) is 0 Å². The van der Waals surface area contributed by atoms with Gasteiger partial charge in [0.1, 0.15) is 0 Å². The van der Waals surface area contributed by atoms with E-state index in [4.69, 9.17) is 0 Å². The van der Waals surface area contributed by atoms with Gasteiger partial charge in [-0.05, 0) is 32.9 Å². The summed E-state index contributed by atoms with van der Waals surface area (Å²) in [6.07, 6.45) is 4.71. The van der Waals surface area contributed by atoms with Gasteiger partial charge in [0.05, 0.1) is 12.8 Å². The number of likely N-dealkylation sites (N-methyl/N-ethyl adjacent to an activating group) is 1. The van der Waals surface area contributed by atoms with Gasteiger partial charge < -0.3 is 10.4 Å². The van der Waals surface area contributed by atoms with Gasteiger partial charge in [-0.1, -0.05) is 0 Å². The van der Waals surface area contributed by atoms with Gasteiger partial charge in [0, 0.05) is 18.3 Å².